The number of carbonyl (C=O) groups is 1. The fourth-order valence-electron chi connectivity index (χ4n) is 4.59. The zero-order chi connectivity index (χ0) is 19.7. The minimum atomic E-state index is -0.205. The Hall–Kier alpha value is -2.86. The summed E-state index contributed by atoms with van der Waals surface area (Å²) in [6.45, 7) is 3.75. The molecule has 0 radical (unpaired) electrons. The fraction of sp³-hybridized carbons (Fsp3) is 0.391. The fourth-order valence-corrected chi connectivity index (χ4v) is 4.59. The van der Waals surface area contributed by atoms with Crippen LogP contribution in [-0.4, -0.2) is 65.2 Å². The van der Waals surface area contributed by atoms with Gasteiger partial charge in [-0.2, -0.15) is 0 Å². The number of anilines is 1. The largest absolute Gasteiger partial charge is 0.371 e. The van der Waals surface area contributed by atoms with Gasteiger partial charge in [-0.05, 0) is 36.6 Å². The van der Waals surface area contributed by atoms with Crippen LogP contribution in [0.25, 0.3) is 6.08 Å². The van der Waals surface area contributed by atoms with E-state index in [9.17, 15) is 4.79 Å². The molecule has 1 amide bonds. The lowest BCUT2D eigenvalue weighted by atomic mass is 9.91. The molecule has 0 aliphatic carbocycles. The van der Waals surface area contributed by atoms with E-state index in [1.54, 1.807) is 0 Å². The van der Waals surface area contributed by atoms with Gasteiger partial charge in [0.25, 0.3) is 0 Å². The number of pyridine rings is 1. The van der Waals surface area contributed by atoms with E-state index < -0.39 is 0 Å². The molecule has 1 aromatic heterocycles. The topological polar surface area (TPSA) is 48.9 Å². The van der Waals surface area contributed by atoms with Gasteiger partial charge in [-0.25, -0.2) is 0 Å². The van der Waals surface area contributed by atoms with Crippen molar-refractivity contribution < 1.29 is 9.53 Å². The number of rotatable bonds is 3. The summed E-state index contributed by atoms with van der Waals surface area (Å²) in [4.78, 5) is 23.3. The smallest absolute Gasteiger partial charge is 0.244 e. The Kier molecular flexibility index (Phi) is 4.72. The second kappa shape index (κ2) is 7.52. The van der Waals surface area contributed by atoms with Gasteiger partial charge in [0.1, 0.15) is 0 Å². The Labute approximate surface area is 171 Å². The maximum absolute atomic E-state index is 12.8. The summed E-state index contributed by atoms with van der Waals surface area (Å²) in [6, 6.07) is 14.3. The summed E-state index contributed by atoms with van der Waals surface area (Å²) in [5.74, 6) is 0.160. The lowest BCUT2D eigenvalue weighted by Gasteiger charge is -2.39. The average molecular weight is 390 g/mol. The first-order chi connectivity index (χ1) is 14.2. The molecule has 6 heteroatoms. The summed E-state index contributed by atoms with van der Waals surface area (Å²) in [7, 11) is 0. The van der Waals surface area contributed by atoms with Crippen LogP contribution in [0.1, 0.15) is 18.4 Å². The van der Waals surface area contributed by atoms with Crippen molar-refractivity contribution >= 4 is 17.7 Å². The molecule has 0 saturated carbocycles. The Morgan fingerprint density at radius 3 is 2.59 bits per heavy atom. The summed E-state index contributed by atoms with van der Waals surface area (Å²) in [6.07, 6.45) is 9.48. The monoisotopic (exact) mass is 390 g/mol. The highest BCUT2D eigenvalue weighted by atomic mass is 16.5. The molecule has 1 aromatic carbocycles. The van der Waals surface area contributed by atoms with Crippen LogP contribution in [0.4, 0.5) is 5.69 Å². The third kappa shape index (κ3) is 3.72. The van der Waals surface area contributed by atoms with Crippen LogP contribution in [0.5, 0.6) is 0 Å². The van der Waals surface area contributed by atoms with Crippen molar-refractivity contribution in [1.29, 1.82) is 0 Å². The summed E-state index contributed by atoms with van der Waals surface area (Å²) in [5, 5.41) is 0. The Bertz CT molecular complexity index is 878. The maximum atomic E-state index is 12.8. The maximum Gasteiger partial charge on any atom is 0.244 e. The Balaban J connectivity index is 1.23. The molecule has 0 bridgehead atoms. The first-order valence-corrected chi connectivity index (χ1v) is 10.3. The number of hydrogen-bond donors (Lipinski definition) is 0. The molecule has 6 nitrogen and oxygen atoms in total. The van der Waals surface area contributed by atoms with Gasteiger partial charge in [0, 0.05) is 37.4 Å². The van der Waals surface area contributed by atoms with E-state index in [0.717, 1.165) is 44.6 Å². The van der Waals surface area contributed by atoms with Gasteiger partial charge in [0.15, 0.2) is 6.23 Å². The molecule has 150 valence electrons. The van der Waals surface area contributed by atoms with Crippen molar-refractivity contribution in [3.63, 3.8) is 0 Å². The number of ether oxygens (including phenoxy) is 1. The minimum Gasteiger partial charge on any atom is -0.371 e. The van der Waals surface area contributed by atoms with E-state index in [-0.39, 0.29) is 17.7 Å². The summed E-state index contributed by atoms with van der Waals surface area (Å²) in [5.41, 5.74) is 2.14. The van der Waals surface area contributed by atoms with Crippen LogP contribution in [0.3, 0.4) is 0 Å². The second-order valence-electron chi connectivity index (χ2n) is 8.13. The zero-order valence-electron chi connectivity index (χ0n) is 16.5. The van der Waals surface area contributed by atoms with Crippen molar-refractivity contribution in [2.24, 2.45) is 0 Å². The molecule has 3 saturated heterocycles. The molecule has 1 unspecified atom stereocenters. The van der Waals surface area contributed by atoms with E-state index in [4.69, 9.17) is 4.74 Å². The number of benzene rings is 1. The van der Waals surface area contributed by atoms with Crippen LogP contribution < -0.4 is 4.90 Å². The van der Waals surface area contributed by atoms with Gasteiger partial charge in [-0.15, -0.1) is 0 Å². The van der Waals surface area contributed by atoms with Crippen molar-refractivity contribution in [3.8, 4) is 0 Å². The van der Waals surface area contributed by atoms with Crippen LogP contribution in [-0.2, 0) is 9.53 Å². The number of aromatic nitrogens is 1. The zero-order valence-corrected chi connectivity index (χ0v) is 16.5. The number of piperazine rings is 1. The molecule has 0 N–H and O–H groups in total. The van der Waals surface area contributed by atoms with Crippen LogP contribution >= 0.6 is 0 Å². The predicted octanol–water partition coefficient (Wildman–Crippen LogP) is 2.59. The van der Waals surface area contributed by atoms with Crippen LogP contribution in [0.2, 0.25) is 0 Å². The minimum absolute atomic E-state index is 0.149. The quantitative estimate of drug-likeness (QED) is 0.806. The van der Waals surface area contributed by atoms with Crippen molar-refractivity contribution in [1.82, 2.24) is 14.8 Å². The lowest BCUT2D eigenvalue weighted by Crippen LogP contribution is -2.52. The number of piperidine rings is 1. The first kappa shape index (κ1) is 18.2. The highest BCUT2D eigenvalue weighted by Crippen LogP contribution is 2.38. The van der Waals surface area contributed by atoms with E-state index in [1.165, 1.54) is 5.69 Å². The average Bonchev–Trinajstić information content (AvgIpc) is 3.12. The molecular weight excluding hydrogens is 364 g/mol. The molecule has 2 aromatic rings. The molecule has 5 rings (SSSR count). The third-order valence-corrected chi connectivity index (χ3v) is 6.22. The normalized spacial score (nSPS) is 23.8. The van der Waals surface area contributed by atoms with Gasteiger partial charge in [0.2, 0.25) is 5.91 Å². The van der Waals surface area contributed by atoms with Crippen LogP contribution in [0, 0.1) is 0 Å². The van der Waals surface area contributed by atoms with E-state index in [1.807, 2.05) is 41.7 Å². The SMILES string of the molecule is O=C1CN(/C=C/c2ccccc2)CC2OC3(CCN(c4ccncc4)CC3)CN12. The van der Waals surface area contributed by atoms with Crippen molar-refractivity contribution in [3.05, 3.63) is 66.6 Å². The standard InChI is InChI=1S/C23H26N4O2/c28-21-16-25(13-8-19-4-2-1-3-5-19)17-22-27(21)18-23(29-22)9-14-26(15-10-23)20-6-11-24-12-7-20/h1-8,11-13,22H,9-10,14-18H2/b13-8+. The molecule has 1 spiro atoms. The number of carbonyl (C=O) groups excluding carboxylic acids is 1. The van der Waals surface area contributed by atoms with E-state index >= 15 is 0 Å². The molecule has 4 heterocycles. The first-order valence-electron chi connectivity index (χ1n) is 10.3. The van der Waals surface area contributed by atoms with Crippen molar-refractivity contribution in [2.45, 2.75) is 24.7 Å². The van der Waals surface area contributed by atoms with Gasteiger partial charge in [0.05, 0.1) is 25.2 Å². The highest BCUT2D eigenvalue weighted by molar-refractivity contribution is 5.80. The summed E-state index contributed by atoms with van der Waals surface area (Å²) < 4.78 is 6.52. The van der Waals surface area contributed by atoms with E-state index in [0.29, 0.717) is 6.54 Å². The number of amides is 1. The molecular formula is C23H26N4O2. The Morgan fingerprint density at radius 1 is 1.07 bits per heavy atom. The highest BCUT2D eigenvalue weighted by Gasteiger charge is 2.50. The van der Waals surface area contributed by atoms with Gasteiger partial charge >= 0.3 is 0 Å². The van der Waals surface area contributed by atoms with E-state index in [2.05, 4.69) is 45.1 Å². The van der Waals surface area contributed by atoms with Gasteiger partial charge < -0.3 is 19.4 Å². The lowest BCUT2D eigenvalue weighted by molar-refractivity contribution is -0.146. The van der Waals surface area contributed by atoms with Gasteiger partial charge in [-0.3, -0.25) is 9.78 Å². The number of hydrogen-bond acceptors (Lipinski definition) is 5. The second-order valence-corrected chi connectivity index (χ2v) is 8.13. The Morgan fingerprint density at radius 2 is 1.83 bits per heavy atom. The predicted molar refractivity (Wildman–Crippen MR) is 112 cm³/mol. The van der Waals surface area contributed by atoms with Crippen molar-refractivity contribution in [2.75, 3.05) is 37.6 Å². The molecule has 3 aliphatic heterocycles. The molecule has 3 fully saturated rings. The number of nitrogens with zero attached hydrogens (tertiary/aromatic N) is 4. The molecule has 1 atom stereocenters. The molecule has 29 heavy (non-hydrogen) atoms. The third-order valence-electron chi connectivity index (χ3n) is 6.22. The van der Waals surface area contributed by atoms with Crippen LogP contribution in [0.15, 0.2) is 61.1 Å². The number of fused-ring (bicyclic) bond motifs is 1. The summed E-state index contributed by atoms with van der Waals surface area (Å²) >= 11 is 0. The van der Waals surface area contributed by atoms with Gasteiger partial charge in [-0.1, -0.05) is 30.3 Å². The molecule has 3 aliphatic rings.